The monoisotopic (exact) mass is 361 g/mol. The minimum absolute atomic E-state index is 0.0510. The molecule has 0 atom stereocenters. The van der Waals surface area contributed by atoms with Gasteiger partial charge in [0.05, 0.1) is 15.8 Å². The van der Waals surface area contributed by atoms with Crippen LogP contribution in [0.4, 0.5) is 4.39 Å². The third-order valence-electron chi connectivity index (χ3n) is 2.74. The fourth-order valence-corrected chi connectivity index (χ4v) is 2.42. The number of hydrogen-bond donors (Lipinski definition) is 1. The fraction of sp³-hybridized carbons (Fsp3) is 0.286. The van der Waals surface area contributed by atoms with Crippen molar-refractivity contribution in [3.63, 3.8) is 0 Å². The van der Waals surface area contributed by atoms with E-state index >= 15 is 0 Å². The second-order valence-corrected chi connectivity index (χ2v) is 5.40. The van der Waals surface area contributed by atoms with Crippen LogP contribution in [0.25, 0.3) is 0 Å². The maximum atomic E-state index is 13.4. The molecule has 0 saturated heterocycles. The van der Waals surface area contributed by atoms with Gasteiger partial charge in [0.1, 0.15) is 23.9 Å². The van der Waals surface area contributed by atoms with E-state index in [2.05, 4.69) is 21.2 Å². The van der Waals surface area contributed by atoms with E-state index in [4.69, 9.17) is 20.8 Å². The summed E-state index contributed by atoms with van der Waals surface area (Å²) in [6.45, 7) is 3.85. The lowest BCUT2D eigenvalue weighted by Crippen LogP contribution is -2.12. The molecule has 2 rings (SSSR count). The maximum Gasteiger partial charge on any atom is 0.146 e. The Bertz CT molecular complexity index is 589. The zero-order valence-corrected chi connectivity index (χ0v) is 13.2. The third-order valence-corrected chi connectivity index (χ3v) is 3.65. The van der Waals surface area contributed by atoms with Crippen LogP contribution in [0.1, 0.15) is 18.2 Å². The van der Waals surface area contributed by atoms with Crippen LogP contribution in [0.5, 0.6) is 5.75 Å². The average Bonchev–Trinajstić information content (AvgIpc) is 2.86. The first kappa shape index (κ1) is 15.4. The topological polar surface area (TPSA) is 34.4 Å². The lowest BCUT2D eigenvalue weighted by atomic mass is 10.2. The Kier molecular flexibility index (Phi) is 5.46. The summed E-state index contributed by atoms with van der Waals surface area (Å²) in [5, 5.41) is 3.27. The summed E-state index contributed by atoms with van der Waals surface area (Å²) in [5.41, 5.74) is 1.03. The molecular formula is C14H14BrClFNO2. The quantitative estimate of drug-likeness (QED) is 0.767. The average molecular weight is 363 g/mol. The Hall–Kier alpha value is -1.04. The first-order valence-electron chi connectivity index (χ1n) is 6.15. The van der Waals surface area contributed by atoms with Crippen LogP contribution in [0.15, 0.2) is 33.4 Å². The molecule has 20 heavy (non-hydrogen) atoms. The smallest absolute Gasteiger partial charge is 0.146 e. The molecule has 0 unspecified atom stereocenters. The van der Waals surface area contributed by atoms with Gasteiger partial charge in [0.25, 0.3) is 0 Å². The number of nitrogens with one attached hydrogen (secondary N) is 1. The standard InChI is InChI=1S/C14H14BrClFNO2/c1-2-18-7-9-3-4-19-14(9)8-20-13-6-12(17)11(16)5-10(13)15/h3-6,18H,2,7-8H2,1H3. The van der Waals surface area contributed by atoms with Crippen molar-refractivity contribution >= 4 is 27.5 Å². The Labute approximate surface area is 130 Å². The van der Waals surface area contributed by atoms with E-state index in [9.17, 15) is 4.39 Å². The van der Waals surface area contributed by atoms with Gasteiger partial charge in [-0.05, 0) is 34.6 Å². The van der Waals surface area contributed by atoms with Gasteiger partial charge in [-0.25, -0.2) is 4.39 Å². The van der Waals surface area contributed by atoms with Gasteiger partial charge in [0, 0.05) is 18.2 Å². The van der Waals surface area contributed by atoms with Crippen molar-refractivity contribution in [3.05, 3.63) is 51.1 Å². The van der Waals surface area contributed by atoms with Crippen molar-refractivity contribution in [1.82, 2.24) is 5.32 Å². The molecule has 1 aromatic heterocycles. The summed E-state index contributed by atoms with van der Waals surface area (Å²) in [6.07, 6.45) is 1.61. The third kappa shape index (κ3) is 3.75. The largest absolute Gasteiger partial charge is 0.484 e. The molecule has 1 N–H and O–H groups in total. The molecule has 0 aliphatic rings. The molecule has 0 radical (unpaired) electrons. The summed E-state index contributed by atoms with van der Waals surface area (Å²) in [4.78, 5) is 0. The van der Waals surface area contributed by atoms with Gasteiger partial charge in [-0.15, -0.1) is 0 Å². The second-order valence-electron chi connectivity index (χ2n) is 4.13. The summed E-state index contributed by atoms with van der Waals surface area (Å²) >= 11 is 8.97. The lowest BCUT2D eigenvalue weighted by Gasteiger charge is -2.09. The van der Waals surface area contributed by atoms with Crippen molar-refractivity contribution < 1.29 is 13.5 Å². The summed E-state index contributed by atoms with van der Waals surface area (Å²) in [6, 6.07) is 4.60. The van der Waals surface area contributed by atoms with Crippen molar-refractivity contribution in [2.24, 2.45) is 0 Å². The first-order valence-corrected chi connectivity index (χ1v) is 7.32. The molecule has 0 aliphatic carbocycles. The first-order chi connectivity index (χ1) is 9.61. The normalized spacial score (nSPS) is 10.8. The second kappa shape index (κ2) is 7.11. The molecule has 3 nitrogen and oxygen atoms in total. The minimum Gasteiger partial charge on any atom is -0.484 e. The highest BCUT2D eigenvalue weighted by atomic mass is 79.9. The van der Waals surface area contributed by atoms with E-state index in [0.717, 1.165) is 12.1 Å². The predicted molar refractivity (Wildman–Crippen MR) is 79.5 cm³/mol. The Morgan fingerprint density at radius 1 is 1.45 bits per heavy atom. The SMILES string of the molecule is CCNCc1ccoc1COc1cc(F)c(Cl)cc1Br. The van der Waals surface area contributed by atoms with Gasteiger partial charge in [0.15, 0.2) is 0 Å². The van der Waals surface area contributed by atoms with Crippen LogP contribution in [0, 0.1) is 5.82 Å². The summed E-state index contributed by atoms with van der Waals surface area (Å²) < 4.78 is 25.0. The van der Waals surface area contributed by atoms with E-state index in [1.807, 2.05) is 13.0 Å². The van der Waals surface area contributed by atoms with Crippen LogP contribution in [0.2, 0.25) is 5.02 Å². The fourth-order valence-electron chi connectivity index (χ4n) is 1.67. The lowest BCUT2D eigenvalue weighted by molar-refractivity contribution is 0.265. The van der Waals surface area contributed by atoms with Crippen molar-refractivity contribution in [1.29, 1.82) is 0 Å². The van der Waals surface area contributed by atoms with Gasteiger partial charge in [0.2, 0.25) is 0 Å². The van der Waals surface area contributed by atoms with Crippen molar-refractivity contribution in [2.45, 2.75) is 20.1 Å². The van der Waals surface area contributed by atoms with E-state index < -0.39 is 5.82 Å². The molecule has 1 aromatic carbocycles. The van der Waals surface area contributed by atoms with Crippen LogP contribution < -0.4 is 10.1 Å². The van der Waals surface area contributed by atoms with Gasteiger partial charge >= 0.3 is 0 Å². The molecule has 2 aromatic rings. The number of benzene rings is 1. The Balaban J connectivity index is 2.05. The van der Waals surface area contributed by atoms with Crippen LogP contribution >= 0.6 is 27.5 Å². The van der Waals surface area contributed by atoms with Gasteiger partial charge in [-0.2, -0.15) is 0 Å². The molecule has 0 bridgehead atoms. The molecular weight excluding hydrogens is 349 g/mol. The summed E-state index contributed by atoms with van der Waals surface area (Å²) in [7, 11) is 0. The van der Waals surface area contributed by atoms with Crippen molar-refractivity contribution in [3.8, 4) is 5.75 Å². The van der Waals surface area contributed by atoms with Crippen LogP contribution in [-0.2, 0) is 13.2 Å². The molecule has 0 aliphatic heterocycles. The highest BCUT2D eigenvalue weighted by Crippen LogP contribution is 2.31. The molecule has 6 heteroatoms. The summed E-state index contributed by atoms with van der Waals surface area (Å²) in [5.74, 6) is 0.586. The Morgan fingerprint density at radius 2 is 2.25 bits per heavy atom. The number of ether oxygens (including phenoxy) is 1. The zero-order valence-electron chi connectivity index (χ0n) is 10.9. The highest BCUT2D eigenvalue weighted by Gasteiger charge is 2.11. The van der Waals surface area contributed by atoms with E-state index in [1.54, 1.807) is 6.26 Å². The van der Waals surface area contributed by atoms with Gasteiger partial charge in [-0.1, -0.05) is 18.5 Å². The molecule has 1 heterocycles. The maximum absolute atomic E-state index is 13.4. The van der Waals surface area contributed by atoms with Gasteiger partial charge in [-0.3, -0.25) is 0 Å². The predicted octanol–water partition coefficient (Wildman–Crippen LogP) is 4.52. The van der Waals surface area contributed by atoms with Crippen molar-refractivity contribution in [2.75, 3.05) is 6.54 Å². The van der Waals surface area contributed by atoms with E-state index in [0.29, 0.717) is 22.5 Å². The molecule has 0 saturated carbocycles. The zero-order chi connectivity index (χ0) is 14.5. The van der Waals surface area contributed by atoms with Gasteiger partial charge < -0.3 is 14.5 Å². The molecule has 108 valence electrons. The molecule has 0 amide bonds. The number of hydrogen-bond acceptors (Lipinski definition) is 3. The van der Waals surface area contributed by atoms with E-state index in [1.165, 1.54) is 12.1 Å². The van der Waals surface area contributed by atoms with Crippen LogP contribution in [-0.4, -0.2) is 6.54 Å². The minimum atomic E-state index is -0.516. The molecule has 0 fully saturated rings. The highest BCUT2D eigenvalue weighted by molar-refractivity contribution is 9.10. The van der Waals surface area contributed by atoms with E-state index in [-0.39, 0.29) is 11.6 Å². The Morgan fingerprint density at radius 3 is 3.00 bits per heavy atom. The number of furan rings is 1. The van der Waals surface area contributed by atoms with Crippen LogP contribution in [0.3, 0.4) is 0 Å². The number of halogens is 3. The molecule has 0 spiro atoms. The number of rotatable bonds is 6.